The molecule has 8 rings (SSSR count). The number of likely N-dealkylation sites (tertiary alicyclic amines) is 1. The van der Waals surface area contributed by atoms with Gasteiger partial charge in [0.1, 0.15) is 29.6 Å². The number of carbonyl (C=O) groups is 3. The maximum absolute atomic E-state index is 15.6. The Kier molecular flexibility index (Phi) is 25.5. The Morgan fingerprint density at radius 1 is 0.867 bits per heavy atom. The number of benzene rings is 2. The highest BCUT2D eigenvalue weighted by atomic mass is 32.1. The molecule has 2 aromatic heterocycles. The standard InChI is InChI=1S/C46H74F2N8O3.C17H21N3OS.CH4O/c1-34(59-7)43(44(2,3)4)52-41(57)17-15-13-11-9-8-10-12-14-16-22-49-39-29-40(51-33-50-39)55-25-20-46(21-26-55)32-56(31-42(58)53-46)38-28-36(47)35(27-37(38)48)30-54-23-18-45(5,6)19-24-54;1-10(20-17(21)15-7-14(15)8-18)12-3-5-13(6-4-12)16-11(2)19-9-22-16;1-2/h27-29,33-34,43H,8-26,30-32H2,1-7H3,(H,52,57)(H,53,58)(H,49,50,51);3-6,9-10,14-15H,7-8,18H2,1-2H3,(H,20,21);2H,1H3. The van der Waals surface area contributed by atoms with Gasteiger partial charge in [0.15, 0.2) is 0 Å². The van der Waals surface area contributed by atoms with Crippen molar-refractivity contribution in [2.45, 2.75) is 182 Å². The van der Waals surface area contributed by atoms with Gasteiger partial charge in [-0.05, 0) is 119 Å². The van der Waals surface area contributed by atoms with Crippen LogP contribution in [0.1, 0.15) is 168 Å². The van der Waals surface area contributed by atoms with Crippen LogP contribution < -0.4 is 36.8 Å². The lowest BCUT2D eigenvalue weighted by Crippen LogP contribution is -2.66. The van der Waals surface area contributed by atoms with E-state index in [1.807, 2.05) is 32.3 Å². The first kappa shape index (κ1) is 66.8. The van der Waals surface area contributed by atoms with Crippen LogP contribution in [0.15, 0.2) is 54.3 Å². The Hall–Kier alpha value is -5.34. The summed E-state index contributed by atoms with van der Waals surface area (Å²) in [6.07, 6.45) is 16.8. The smallest absolute Gasteiger partial charge is 0.240 e. The minimum atomic E-state index is -0.528. The molecule has 5 atom stereocenters. The largest absolute Gasteiger partial charge is 0.400 e. The molecule has 3 amide bonds. The van der Waals surface area contributed by atoms with Gasteiger partial charge in [-0.3, -0.25) is 19.3 Å². The number of nitrogens with two attached hydrogens (primary N) is 1. The van der Waals surface area contributed by atoms with Crippen LogP contribution in [0.4, 0.5) is 26.1 Å². The molecule has 2 aromatic carbocycles. The molecule has 1 spiro atoms. The number of halogens is 2. The quantitative estimate of drug-likeness (QED) is 0.0343. The molecule has 4 aromatic rings. The fraction of sp³-hybridized carbons (Fsp3) is 0.656. The number of aryl methyl sites for hydroxylation is 1. The molecule has 460 valence electrons. The number of piperidine rings is 2. The van der Waals surface area contributed by atoms with E-state index >= 15 is 8.78 Å². The summed E-state index contributed by atoms with van der Waals surface area (Å²) in [5.74, 6) is 1.31. The Bertz CT molecular complexity index is 2650. The monoisotopic (exact) mass is 1170 g/mol. The first-order valence-electron chi connectivity index (χ1n) is 30.5. The lowest BCUT2D eigenvalue weighted by molar-refractivity contribution is -0.124. The summed E-state index contributed by atoms with van der Waals surface area (Å²) in [5, 5.41) is 19.9. The van der Waals surface area contributed by atoms with Crippen molar-refractivity contribution >= 4 is 46.4 Å². The van der Waals surface area contributed by atoms with Crippen molar-refractivity contribution in [1.82, 2.24) is 35.8 Å². The van der Waals surface area contributed by atoms with Crippen molar-refractivity contribution in [1.29, 1.82) is 0 Å². The molecule has 16 nitrogen and oxygen atoms in total. The average Bonchev–Trinajstić information content (AvgIpc) is 3.84. The third kappa shape index (κ3) is 20.1. The number of amides is 3. The van der Waals surface area contributed by atoms with Crippen LogP contribution in [0.2, 0.25) is 0 Å². The van der Waals surface area contributed by atoms with E-state index in [-0.39, 0.29) is 64.9 Å². The molecule has 5 unspecified atom stereocenters. The van der Waals surface area contributed by atoms with Crippen molar-refractivity contribution in [3.8, 4) is 10.4 Å². The van der Waals surface area contributed by atoms with E-state index in [2.05, 4.69) is 105 Å². The number of nitrogens with zero attached hydrogens (tertiary/aromatic N) is 6. The summed E-state index contributed by atoms with van der Waals surface area (Å²) >= 11 is 1.65. The van der Waals surface area contributed by atoms with Crippen molar-refractivity contribution in [3.63, 3.8) is 0 Å². The number of hydrogen-bond acceptors (Lipinski definition) is 14. The number of carbonyl (C=O) groups excluding carboxylic acids is 3. The van der Waals surface area contributed by atoms with Crippen LogP contribution >= 0.6 is 11.3 Å². The summed E-state index contributed by atoms with van der Waals surface area (Å²) in [4.78, 5) is 58.2. The number of aliphatic hydroxyl groups is 1. The number of ether oxygens (including phenoxy) is 1. The minimum Gasteiger partial charge on any atom is -0.400 e. The van der Waals surface area contributed by atoms with Crippen LogP contribution in [-0.2, 0) is 25.7 Å². The number of anilines is 3. The molecular formula is C64H99F2N11O5S. The zero-order chi connectivity index (χ0) is 60.3. The van der Waals surface area contributed by atoms with E-state index in [4.69, 9.17) is 15.6 Å². The van der Waals surface area contributed by atoms with Gasteiger partial charge in [0.05, 0.1) is 52.0 Å². The first-order valence-corrected chi connectivity index (χ1v) is 31.4. The van der Waals surface area contributed by atoms with E-state index in [0.29, 0.717) is 63.5 Å². The predicted molar refractivity (Wildman–Crippen MR) is 331 cm³/mol. The third-order valence-corrected chi connectivity index (χ3v) is 18.3. The van der Waals surface area contributed by atoms with Gasteiger partial charge in [-0.1, -0.05) is 104 Å². The van der Waals surface area contributed by atoms with Crippen LogP contribution in [0.3, 0.4) is 0 Å². The SMILES string of the molecule is CO.COC(C)C(NC(=O)CCCCCCCCCCCNc1cc(N2CCC3(CC2)CN(c2cc(F)c(CN4CCC(C)(C)CC4)cc2F)CC(=O)N3)ncn1)C(C)(C)C.Cc1ncsc1-c1ccc(C(C)NC(=O)C2CC2CN)cc1. The molecule has 19 heteroatoms. The van der Waals surface area contributed by atoms with Gasteiger partial charge >= 0.3 is 0 Å². The Morgan fingerprint density at radius 2 is 1.52 bits per heavy atom. The summed E-state index contributed by atoms with van der Waals surface area (Å²) in [6, 6.07) is 13.0. The topological polar surface area (TPSA) is 203 Å². The van der Waals surface area contributed by atoms with Crippen molar-refractivity contribution in [2.24, 2.45) is 28.4 Å². The van der Waals surface area contributed by atoms with Gasteiger partial charge in [-0.2, -0.15) is 0 Å². The molecule has 0 radical (unpaired) electrons. The van der Waals surface area contributed by atoms with Crippen LogP contribution in [0, 0.1) is 41.2 Å². The summed E-state index contributed by atoms with van der Waals surface area (Å²) in [5.41, 5.74) is 11.0. The maximum Gasteiger partial charge on any atom is 0.240 e. The van der Waals surface area contributed by atoms with E-state index in [1.54, 1.807) is 29.7 Å². The van der Waals surface area contributed by atoms with Gasteiger partial charge in [0.25, 0.3) is 0 Å². The van der Waals surface area contributed by atoms with Crippen LogP contribution in [-0.4, -0.2) is 127 Å². The van der Waals surface area contributed by atoms with E-state index in [9.17, 15) is 14.4 Å². The normalized spacial score (nSPS) is 19.5. The summed E-state index contributed by atoms with van der Waals surface area (Å²) < 4.78 is 36.5. The number of aliphatic hydroxyl groups excluding tert-OH is 1. The average molecular weight is 1170 g/mol. The number of thiazole rings is 1. The molecular weight excluding hydrogens is 1070 g/mol. The Morgan fingerprint density at radius 3 is 2.12 bits per heavy atom. The minimum absolute atomic E-state index is 0.000339. The Labute approximate surface area is 498 Å². The molecule has 4 fully saturated rings. The number of rotatable bonds is 25. The molecule has 83 heavy (non-hydrogen) atoms. The highest BCUT2D eigenvalue weighted by Crippen LogP contribution is 2.39. The van der Waals surface area contributed by atoms with E-state index in [0.717, 1.165) is 94.6 Å². The molecule has 4 aliphatic rings. The van der Waals surface area contributed by atoms with Gasteiger partial charge in [-0.25, -0.2) is 23.7 Å². The fourth-order valence-electron chi connectivity index (χ4n) is 11.7. The van der Waals surface area contributed by atoms with E-state index < -0.39 is 17.2 Å². The van der Waals surface area contributed by atoms with Gasteiger partial charge in [0.2, 0.25) is 17.7 Å². The Balaban J connectivity index is 0.000000381. The molecule has 0 bridgehead atoms. The number of unbranched alkanes of at least 4 members (excludes halogenated alkanes) is 8. The first-order chi connectivity index (χ1) is 39.7. The van der Waals surface area contributed by atoms with Crippen molar-refractivity contribution in [2.75, 3.05) is 81.7 Å². The van der Waals surface area contributed by atoms with E-state index in [1.165, 1.54) is 54.7 Å². The fourth-order valence-corrected chi connectivity index (χ4v) is 12.5. The second-order valence-corrected chi connectivity index (χ2v) is 26.3. The van der Waals surface area contributed by atoms with Crippen molar-refractivity contribution in [3.05, 3.63) is 82.8 Å². The zero-order valence-electron chi connectivity index (χ0n) is 51.6. The predicted octanol–water partition coefficient (Wildman–Crippen LogP) is 10.7. The van der Waals surface area contributed by atoms with Crippen molar-refractivity contribution < 1.29 is 33.0 Å². The lowest BCUT2D eigenvalue weighted by atomic mass is 9.82. The summed E-state index contributed by atoms with van der Waals surface area (Å²) in [7, 11) is 2.69. The molecule has 5 heterocycles. The number of methoxy groups -OCH3 is 1. The lowest BCUT2D eigenvalue weighted by Gasteiger charge is -2.48. The highest BCUT2D eigenvalue weighted by molar-refractivity contribution is 7.13. The number of nitrogens with one attached hydrogen (secondary N) is 4. The van der Waals surface area contributed by atoms with Gasteiger partial charge < -0.3 is 46.6 Å². The molecule has 1 saturated carbocycles. The van der Waals surface area contributed by atoms with Crippen LogP contribution in [0.25, 0.3) is 10.4 Å². The second kappa shape index (κ2) is 31.7. The molecule has 7 N–H and O–H groups in total. The number of aromatic nitrogens is 3. The maximum atomic E-state index is 15.6. The number of piperazine rings is 1. The van der Waals surface area contributed by atoms with Gasteiger partial charge in [-0.15, -0.1) is 11.3 Å². The number of hydrogen-bond donors (Lipinski definition) is 6. The second-order valence-electron chi connectivity index (χ2n) is 25.4. The van der Waals surface area contributed by atoms with Gasteiger partial charge in [0, 0.05) is 77.0 Å². The summed E-state index contributed by atoms with van der Waals surface area (Å²) in [6.45, 7) is 22.3. The molecule has 1 aliphatic carbocycles. The molecule has 3 saturated heterocycles. The molecule has 3 aliphatic heterocycles. The zero-order valence-corrected chi connectivity index (χ0v) is 52.4. The highest BCUT2D eigenvalue weighted by Gasteiger charge is 2.43. The van der Waals surface area contributed by atoms with Crippen LogP contribution in [0.5, 0.6) is 0 Å². The third-order valence-electron chi connectivity index (χ3n) is 17.3.